The van der Waals surface area contributed by atoms with Gasteiger partial charge in [0, 0.05) is 37.8 Å². The van der Waals surface area contributed by atoms with Crippen molar-refractivity contribution in [1.82, 2.24) is 15.3 Å². The molecule has 0 aliphatic heterocycles. The van der Waals surface area contributed by atoms with Crippen molar-refractivity contribution in [2.45, 2.75) is 45.6 Å². The van der Waals surface area contributed by atoms with E-state index in [9.17, 15) is 9.18 Å². The largest absolute Gasteiger partial charge is 0.453 e. The summed E-state index contributed by atoms with van der Waals surface area (Å²) in [5.41, 5.74) is 3.46. The van der Waals surface area contributed by atoms with Crippen LogP contribution >= 0.6 is 23.7 Å². The Morgan fingerprint density at radius 3 is 2.67 bits per heavy atom. The number of benzene rings is 1. The van der Waals surface area contributed by atoms with Crippen LogP contribution in [0.2, 0.25) is 0 Å². The van der Waals surface area contributed by atoms with E-state index in [1.165, 1.54) is 17.4 Å². The minimum Gasteiger partial charge on any atom is -0.453 e. The molecule has 0 amide bonds. The first-order chi connectivity index (χ1) is 17.1. The minimum atomic E-state index is -0.475. The number of rotatable bonds is 11. The molecule has 0 spiro atoms. The lowest BCUT2D eigenvalue weighted by atomic mass is 10.0. The maximum Gasteiger partial charge on any atom is 0.166 e. The number of hydrogen-bond acceptors (Lipinski definition) is 6. The number of thiophene rings is 1. The molecular weight excluding hydrogens is 497 g/mol. The predicted molar refractivity (Wildman–Crippen MR) is 145 cm³/mol. The Labute approximate surface area is 220 Å². The summed E-state index contributed by atoms with van der Waals surface area (Å²) >= 11 is 1.52. The van der Waals surface area contributed by atoms with Crippen LogP contribution in [0, 0.1) is 11.7 Å². The summed E-state index contributed by atoms with van der Waals surface area (Å²) in [5.74, 6) is 0.908. The van der Waals surface area contributed by atoms with Gasteiger partial charge in [0.15, 0.2) is 11.6 Å². The number of Topliss-reactive ketones (excluding diaryl/α,β-unsaturated/α-hetero) is 1. The lowest BCUT2D eigenvalue weighted by molar-refractivity contribution is -0.118. The maximum absolute atomic E-state index is 14.8. The average molecular weight is 526 g/mol. The lowest BCUT2D eigenvalue weighted by Gasteiger charge is -2.09. The molecule has 36 heavy (non-hydrogen) atoms. The highest BCUT2D eigenvalue weighted by Gasteiger charge is 2.24. The summed E-state index contributed by atoms with van der Waals surface area (Å²) < 4.78 is 21.6. The summed E-state index contributed by atoms with van der Waals surface area (Å²) in [6.07, 6.45) is 7.78. The van der Waals surface area contributed by atoms with Crippen molar-refractivity contribution >= 4 is 39.7 Å². The Morgan fingerprint density at radius 1 is 1.11 bits per heavy atom. The van der Waals surface area contributed by atoms with Crippen molar-refractivity contribution in [3.63, 3.8) is 0 Å². The second-order valence-electron chi connectivity index (χ2n) is 9.09. The molecule has 8 heteroatoms. The van der Waals surface area contributed by atoms with Crippen LogP contribution in [0.25, 0.3) is 20.8 Å². The number of fused-ring (bicyclic) bond motifs is 1. The number of nitrogens with zero attached hydrogens (tertiary/aromatic N) is 2. The van der Waals surface area contributed by atoms with Crippen LogP contribution in [0.15, 0.2) is 54.9 Å². The highest BCUT2D eigenvalue weighted by molar-refractivity contribution is 7.22. The summed E-state index contributed by atoms with van der Waals surface area (Å²) in [5, 5.41) is 3.38. The van der Waals surface area contributed by atoms with Crippen LogP contribution in [0.3, 0.4) is 0 Å². The van der Waals surface area contributed by atoms with Gasteiger partial charge in [-0.3, -0.25) is 14.8 Å². The van der Waals surface area contributed by atoms with E-state index in [0.717, 1.165) is 58.7 Å². The molecule has 3 heterocycles. The zero-order valence-corrected chi connectivity index (χ0v) is 21.8. The van der Waals surface area contributed by atoms with Crippen LogP contribution in [-0.2, 0) is 17.8 Å². The number of ether oxygens (including phenoxy) is 1. The monoisotopic (exact) mass is 525 g/mol. The SMILES string of the molecule is CCCNCc1ccc(-c2cc3nccc(Oc4ccc(CC(=O)CC5CC5)cc4F)c3s2)nc1.Cl. The molecule has 3 aromatic heterocycles. The lowest BCUT2D eigenvalue weighted by Crippen LogP contribution is -2.13. The molecule has 4 aromatic rings. The van der Waals surface area contributed by atoms with E-state index in [0.29, 0.717) is 23.7 Å². The van der Waals surface area contributed by atoms with Gasteiger partial charge in [0.1, 0.15) is 11.5 Å². The van der Waals surface area contributed by atoms with Gasteiger partial charge < -0.3 is 10.1 Å². The maximum atomic E-state index is 14.8. The number of carbonyl (C=O) groups is 1. The number of ketones is 1. The highest BCUT2D eigenvalue weighted by Crippen LogP contribution is 2.39. The van der Waals surface area contributed by atoms with Gasteiger partial charge >= 0.3 is 0 Å². The minimum absolute atomic E-state index is 0. The smallest absolute Gasteiger partial charge is 0.166 e. The van der Waals surface area contributed by atoms with Crippen molar-refractivity contribution < 1.29 is 13.9 Å². The van der Waals surface area contributed by atoms with Crippen molar-refractivity contribution in [3.05, 3.63) is 71.8 Å². The number of halogens is 2. The summed E-state index contributed by atoms with van der Waals surface area (Å²) in [4.78, 5) is 22.2. The fraction of sp³-hybridized carbons (Fsp3) is 0.321. The highest BCUT2D eigenvalue weighted by atomic mass is 35.5. The average Bonchev–Trinajstić information content (AvgIpc) is 3.55. The van der Waals surface area contributed by atoms with Gasteiger partial charge in [-0.15, -0.1) is 23.7 Å². The molecule has 5 nitrogen and oxygen atoms in total. The summed E-state index contributed by atoms with van der Waals surface area (Å²) in [7, 11) is 0. The van der Waals surface area contributed by atoms with Crippen LogP contribution in [0.5, 0.6) is 11.5 Å². The topological polar surface area (TPSA) is 64.1 Å². The van der Waals surface area contributed by atoms with Gasteiger partial charge in [-0.25, -0.2) is 4.39 Å². The quantitative estimate of drug-likeness (QED) is 0.211. The molecule has 0 atom stereocenters. The van der Waals surface area contributed by atoms with Crippen molar-refractivity contribution in [2.75, 3.05) is 6.54 Å². The molecule has 1 saturated carbocycles. The predicted octanol–water partition coefficient (Wildman–Crippen LogP) is 7.12. The standard InChI is InChI=1S/C28H28FN3O2S.ClH/c1-2-10-30-16-20-5-7-23(32-17-20)27-15-24-28(35-27)26(9-11-31-24)34-25-8-6-19(14-22(25)29)13-21(33)12-18-3-4-18;/h5-9,11,14-15,17-18,30H,2-4,10,12-13,16H2,1H3;1H. The van der Waals surface area contributed by atoms with Crippen molar-refractivity contribution in [1.29, 1.82) is 0 Å². The van der Waals surface area contributed by atoms with Gasteiger partial charge in [0.25, 0.3) is 0 Å². The number of aromatic nitrogens is 2. The Morgan fingerprint density at radius 2 is 1.94 bits per heavy atom. The molecule has 0 radical (unpaired) electrons. The fourth-order valence-electron chi connectivity index (χ4n) is 4.01. The first-order valence-electron chi connectivity index (χ1n) is 12.1. The number of nitrogens with one attached hydrogen (secondary N) is 1. The van der Waals surface area contributed by atoms with E-state index in [1.54, 1.807) is 24.4 Å². The molecular formula is C28H29ClFN3O2S. The van der Waals surface area contributed by atoms with Gasteiger partial charge in [-0.1, -0.05) is 19.1 Å². The van der Waals surface area contributed by atoms with Gasteiger partial charge in [-0.05, 0) is 67.1 Å². The molecule has 1 fully saturated rings. The molecule has 1 aliphatic carbocycles. The molecule has 1 aliphatic rings. The fourth-order valence-corrected chi connectivity index (χ4v) is 5.05. The van der Waals surface area contributed by atoms with E-state index in [1.807, 2.05) is 18.3 Å². The van der Waals surface area contributed by atoms with Crippen molar-refractivity contribution in [3.8, 4) is 22.1 Å². The molecule has 0 bridgehead atoms. The number of pyridine rings is 2. The zero-order valence-electron chi connectivity index (χ0n) is 20.1. The third-order valence-electron chi connectivity index (χ3n) is 6.04. The molecule has 1 aromatic carbocycles. The number of hydrogen-bond donors (Lipinski definition) is 1. The van der Waals surface area contributed by atoms with Crippen LogP contribution in [0.1, 0.15) is 43.7 Å². The number of carbonyl (C=O) groups excluding carboxylic acids is 1. The first-order valence-corrected chi connectivity index (χ1v) is 12.9. The molecule has 1 N–H and O–H groups in total. The Balaban J connectivity index is 0.00000304. The second-order valence-corrected chi connectivity index (χ2v) is 10.1. The zero-order chi connectivity index (χ0) is 24.2. The van der Waals surface area contributed by atoms with Crippen LogP contribution < -0.4 is 10.1 Å². The summed E-state index contributed by atoms with van der Waals surface area (Å²) in [6.45, 7) is 3.92. The first kappa shape index (κ1) is 26.2. The van der Waals surface area contributed by atoms with Crippen LogP contribution in [-0.4, -0.2) is 22.3 Å². The van der Waals surface area contributed by atoms with E-state index >= 15 is 0 Å². The van der Waals surface area contributed by atoms with Crippen LogP contribution in [0.4, 0.5) is 4.39 Å². The van der Waals surface area contributed by atoms with Crippen molar-refractivity contribution in [2.24, 2.45) is 5.92 Å². The Hall–Kier alpha value is -2.87. The van der Waals surface area contributed by atoms with E-state index in [-0.39, 0.29) is 30.4 Å². The Bertz CT molecular complexity index is 1340. The third-order valence-corrected chi connectivity index (χ3v) is 7.20. The van der Waals surface area contributed by atoms with E-state index in [4.69, 9.17) is 4.74 Å². The van der Waals surface area contributed by atoms with E-state index < -0.39 is 5.82 Å². The molecule has 5 rings (SSSR count). The normalized spacial score (nSPS) is 12.9. The van der Waals surface area contributed by atoms with Gasteiger partial charge in [0.2, 0.25) is 0 Å². The second kappa shape index (κ2) is 11.9. The summed E-state index contributed by atoms with van der Waals surface area (Å²) in [6, 6.07) is 12.6. The third kappa shape index (κ3) is 6.46. The van der Waals surface area contributed by atoms with Gasteiger partial charge in [0.05, 0.1) is 20.8 Å². The van der Waals surface area contributed by atoms with E-state index in [2.05, 4.69) is 28.3 Å². The molecule has 0 saturated heterocycles. The molecule has 0 unspecified atom stereocenters. The Kier molecular flexibility index (Phi) is 8.67. The van der Waals surface area contributed by atoms with Gasteiger partial charge in [-0.2, -0.15) is 0 Å². The molecule has 188 valence electrons.